The largest absolute Gasteiger partial charge is 0.379 e. The smallest absolute Gasteiger partial charge is 0.0586 e. The van der Waals surface area contributed by atoms with Crippen LogP contribution >= 0.6 is 23.2 Å². The molecule has 1 unspecified atom stereocenters. The number of rotatable bonds is 3. The molecule has 1 heterocycles. The highest BCUT2D eigenvalue weighted by Gasteiger charge is 2.42. The lowest BCUT2D eigenvalue weighted by Gasteiger charge is -2.43. The van der Waals surface area contributed by atoms with E-state index in [2.05, 4.69) is 0 Å². The molecule has 0 spiro atoms. The second-order valence-electron chi connectivity index (χ2n) is 4.58. The Bertz CT molecular complexity index is 389. The molecule has 2 rings (SSSR count). The first-order chi connectivity index (χ1) is 7.53. The summed E-state index contributed by atoms with van der Waals surface area (Å²) in [6.45, 7) is 3.38. The Kier molecular flexibility index (Phi) is 3.45. The number of hydrogen-bond acceptors (Lipinski definition) is 2. The van der Waals surface area contributed by atoms with Gasteiger partial charge in [-0.2, -0.15) is 0 Å². The molecule has 4 heteroatoms. The van der Waals surface area contributed by atoms with Gasteiger partial charge in [-0.15, -0.1) is 0 Å². The van der Waals surface area contributed by atoms with Crippen molar-refractivity contribution in [3.63, 3.8) is 0 Å². The summed E-state index contributed by atoms with van der Waals surface area (Å²) in [7, 11) is 0. The number of nitrogens with two attached hydrogens (primary N) is 1. The molecule has 0 amide bonds. The van der Waals surface area contributed by atoms with Crippen LogP contribution in [0, 0.1) is 0 Å². The molecule has 1 aliphatic heterocycles. The lowest BCUT2D eigenvalue weighted by molar-refractivity contribution is -0.0664. The molecule has 0 radical (unpaired) electrons. The van der Waals surface area contributed by atoms with E-state index in [9.17, 15) is 0 Å². The fourth-order valence-electron chi connectivity index (χ4n) is 2.27. The minimum absolute atomic E-state index is 0.0180. The Hall–Kier alpha value is -0.280. The molecule has 88 valence electrons. The van der Waals surface area contributed by atoms with Crippen LogP contribution in [-0.4, -0.2) is 19.3 Å². The van der Waals surface area contributed by atoms with Crippen LogP contribution in [0.5, 0.6) is 0 Å². The Labute approximate surface area is 106 Å². The van der Waals surface area contributed by atoms with Crippen molar-refractivity contribution in [2.24, 2.45) is 5.73 Å². The highest BCUT2D eigenvalue weighted by Crippen LogP contribution is 2.40. The van der Waals surface area contributed by atoms with Crippen LogP contribution < -0.4 is 5.73 Å². The van der Waals surface area contributed by atoms with E-state index < -0.39 is 0 Å². The van der Waals surface area contributed by atoms with Crippen molar-refractivity contribution < 1.29 is 4.74 Å². The average molecular weight is 260 g/mol. The summed E-state index contributed by atoms with van der Waals surface area (Å²) < 4.78 is 5.33. The van der Waals surface area contributed by atoms with Crippen molar-refractivity contribution in [3.8, 4) is 0 Å². The van der Waals surface area contributed by atoms with E-state index in [1.807, 2.05) is 19.1 Å². The summed E-state index contributed by atoms with van der Waals surface area (Å²) in [6, 6.07) is 5.76. The van der Waals surface area contributed by atoms with Gasteiger partial charge in [0, 0.05) is 21.5 Å². The molecule has 2 nitrogen and oxygen atoms in total. The first-order valence-corrected chi connectivity index (χ1v) is 6.08. The molecule has 1 aliphatic rings. The number of benzene rings is 1. The van der Waals surface area contributed by atoms with Crippen LogP contribution in [0.1, 0.15) is 18.9 Å². The topological polar surface area (TPSA) is 35.2 Å². The summed E-state index contributed by atoms with van der Waals surface area (Å²) in [5, 5.41) is 1.36. The van der Waals surface area contributed by atoms with Gasteiger partial charge in [-0.1, -0.05) is 29.3 Å². The van der Waals surface area contributed by atoms with Crippen molar-refractivity contribution in [1.82, 2.24) is 0 Å². The van der Waals surface area contributed by atoms with Crippen molar-refractivity contribution in [1.29, 1.82) is 0 Å². The van der Waals surface area contributed by atoms with E-state index >= 15 is 0 Å². The molecule has 0 aliphatic carbocycles. The van der Waals surface area contributed by atoms with E-state index in [4.69, 9.17) is 33.7 Å². The van der Waals surface area contributed by atoms with Gasteiger partial charge in [-0.05, 0) is 31.0 Å². The first kappa shape index (κ1) is 12.2. The normalized spacial score (nSPS) is 20.2. The second-order valence-corrected chi connectivity index (χ2v) is 5.42. The standard InChI is InChI=1S/C12H15Cl2NO/c1-8(15)5-12(6-16-7-12)10-3-2-9(13)4-11(10)14/h2-4,8H,5-7,15H2,1H3. The molecule has 1 atom stereocenters. The lowest BCUT2D eigenvalue weighted by atomic mass is 9.74. The van der Waals surface area contributed by atoms with Gasteiger partial charge in [0.25, 0.3) is 0 Å². The van der Waals surface area contributed by atoms with Crippen LogP contribution in [-0.2, 0) is 10.2 Å². The van der Waals surface area contributed by atoms with E-state index in [-0.39, 0.29) is 11.5 Å². The molecule has 2 N–H and O–H groups in total. The Balaban J connectivity index is 2.33. The average Bonchev–Trinajstić information content (AvgIpc) is 2.12. The van der Waals surface area contributed by atoms with E-state index in [1.54, 1.807) is 6.07 Å². The Morgan fingerprint density at radius 1 is 1.44 bits per heavy atom. The third-order valence-corrected chi connectivity index (χ3v) is 3.52. The SMILES string of the molecule is CC(N)CC1(c2ccc(Cl)cc2Cl)COC1. The van der Waals surface area contributed by atoms with Gasteiger partial charge in [-0.3, -0.25) is 0 Å². The van der Waals surface area contributed by atoms with Gasteiger partial charge in [0.1, 0.15) is 0 Å². The molecule has 1 fully saturated rings. The third kappa shape index (κ3) is 2.21. The summed E-state index contributed by atoms with van der Waals surface area (Å²) in [5.41, 5.74) is 6.96. The maximum atomic E-state index is 6.23. The second kappa shape index (κ2) is 4.53. The molecule has 0 bridgehead atoms. The lowest BCUT2D eigenvalue weighted by Crippen LogP contribution is -2.49. The van der Waals surface area contributed by atoms with Gasteiger partial charge in [0.05, 0.1) is 13.2 Å². The maximum Gasteiger partial charge on any atom is 0.0586 e. The molecular weight excluding hydrogens is 245 g/mol. The monoisotopic (exact) mass is 259 g/mol. The maximum absolute atomic E-state index is 6.23. The van der Waals surface area contributed by atoms with Gasteiger partial charge in [0.15, 0.2) is 0 Å². The van der Waals surface area contributed by atoms with Crippen LogP contribution in [0.3, 0.4) is 0 Å². The minimum atomic E-state index is -0.0180. The van der Waals surface area contributed by atoms with Crippen LogP contribution in [0.2, 0.25) is 10.0 Å². The fourth-order valence-corrected chi connectivity index (χ4v) is 2.88. The first-order valence-electron chi connectivity index (χ1n) is 5.32. The van der Waals surface area contributed by atoms with Crippen LogP contribution in [0.4, 0.5) is 0 Å². The van der Waals surface area contributed by atoms with Gasteiger partial charge in [0.2, 0.25) is 0 Å². The van der Waals surface area contributed by atoms with E-state index in [0.29, 0.717) is 23.3 Å². The molecule has 0 saturated carbocycles. The van der Waals surface area contributed by atoms with Crippen molar-refractivity contribution >= 4 is 23.2 Å². The van der Waals surface area contributed by atoms with Gasteiger partial charge < -0.3 is 10.5 Å². The number of ether oxygens (including phenoxy) is 1. The number of hydrogen-bond donors (Lipinski definition) is 1. The fraction of sp³-hybridized carbons (Fsp3) is 0.500. The zero-order chi connectivity index (χ0) is 11.8. The van der Waals surface area contributed by atoms with Crippen LogP contribution in [0.15, 0.2) is 18.2 Å². The zero-order valence-electron chi connectivity index (χ0n) is 9.17. The summed E-state index contributed by atoms with van der Waals surface area (Å²) in [5.74, 6) is 0. The molecule has 1 aromatic rings. The zero-order valence-corrected chi connectivity index (χ0v) is 10.7. The quantitative estimate of drug-likeness (QED) is 0.906. The van der Waals surface area contributed by atoms with Crippen molar-refractivity contribution in [3.05, 3.63) is 33.8 Å². The molecule has 1 saturated heterocycles. The predicted octanol–water partition coefficient (Wildman–Crippen LogP) is 3.00. The van der Waals surface area contributed by atoms with Crippen molar-refractivity contribution in [2.45, 2.75) is 24.8 Å². The van der Waals surface area contributed by atoms with Crippen LogP contribution in [0.25, 0.3) is 0 Å². The summed E-state index contributed by atoms with van der Waals surface area (Å²) in [6.07, 6.45) is 0.883. The molecule has 0 aromatic heterocycles. The highest BCUT2D eigenvalue weighted by atomic mass is 35.5. The summed E-state index contributed by atoms with van der Waals surface area (Å²) in [4.78, 5) is 0. The highest BCUT2D eigenvalue weighted by molar-refractivity contribution is 6.35. The van der Waals surface area contributed by atoms with E-state index in [0.717, 1.165) is 12.0 Å². The molecular formula is C12H15Cl2NO. The van der Waals surface area contributed by atoms with E-state index in [1.165, 1.54) is 0 Å². The number of halogens is 2. The molecule has 1 aromatic carbocycles. The minimum Gasteiger partial charge on any atom is -0.379 e. The predicted molar refractivity (Wildman–Crippen MR) is 67.2 cm³/mol. The third-order valence-electron chi connectivity index (χ3n) is 2.97. The Morgan fingerprint density at radius 3 is 2.56 bits per heavy atom. The Morgan fingerprint density at radius 2 is 2.12 bits per heavy atom. The van der Waals surface area contributed by atoms with Gasteiger partial charge >= 0.3 is 0 Å². The van der Waals surface area contributed by atoms with Gasteiger partial charge in [-0.25, -0.2) is 0 Å². The summed E-state index contributed by atoms with van der Waals surface area (Å²) >= 11 is 12.1. The molecule has 16 heavy (non-hydrogen) atoms. The van der Waals surface area contributed by atoms with Crippen molar-refractivity contribution in [2.75, 3.05) is 13.2 Å².